The summed E-state index contributed by atoms with van der Waals surface area (Å²) in [5.74, 6) is -0.626. The first kappa shape index (κ1) is 12.6. The van der Waals surface area contributed by atoms with Crippen molar-refractivity contribution in [3.05, 3.63) is 35.6 Å². The Bertz CT molecular complexity index is 364. The number of carbonyl (C=O) groups is 1. The number of hydrogen-bond acceptors (Lipinski definition) is 3. The molecular weight excluding hydrogens is 209 g/mol. The lowest BCUT2D eigenvalue weighted by Gasteiger charge is -2.27. The highest BCUT2D eigenvalue weighted by atomic mass is 19.1. The van der Waals surface area contributed by atoms with Crippen molar-refractivity contribution in [1.29, 1.82) is 0 Å². The number of nitrogens with two attached hydrogens (primary N) is 1. The quantitative estimate of drug-likeness (QED) is 0.792. The van der Waals surface area contributed by atoms with Gasteiger partial charge in [0.25, 0.3) is 0 Å². The first-order chi connectivity index (χ1) is 7.51. The molecule has 3 nitrogen and oxygen atoms in total. The fourth-order valence-corrected chi connectivity index (χ4v) is 1.54. The van der Waals surface area contributed by atoms with E-state index in [1.807, 2.05) is 6.92 Å². The van der Waals surface area contributed by atoms with Crippen LogP contribution in [0.15, 0.2) is 24.3 Å². The fraction of sp³-hybridized carbons (Fsp3) is 0.417. The molecule has 1 aromatic carbocycles. The van der Waals surface area contributed by atoms with Crippen LogP contribution in [0.3, 0.4) is 0 Å². The molecule has 0 fully saturated rings. The third kappa shape index (κ3) is 2.79. The molecule has 0 spiro atoms. The highest BCUT2D eigenvalue weighted by Crippen LogP contribution is 2.27. The number of esters is 1. The lowest BCUT2D eigenvalue weighted by molar-refractivity contribution is -0.141. The minimum absolute atomic E-state index is 0.186. The van der Waals surface area contributed by atoms with E-state index in [9.17, 15) is 9.18 Å². The zero-order valence-corrected chi connectivity index (χ0v) is 9.50. The predicted octanol–water partition coefficient (Wildman–Crippen LogP) is 1.61. The molecule has 88 valence electrons. The number of rotatable bonds is 4. The van der Waals surface area contributed by atoms with Gasteiger partial charge in [0.15, 0.2) is 0 Å². The van der Waals surface area contributed by atoms with E-state index in [1.54, 1.807) is 12.1 Å². The van der Waals surface area contributed by atoms with Gasteiger partial charge in [0.2, 0.25) is 0 Å². The van der Waals surface area contributed by atoms with Crippen LogP contribution in [0.2, 0.25) is 0 Å². The Morgan fingerprint density at radius 3 is 2.44 bits per heavy atom. The molecule has 16 heavy (non-hydrogen) atoms. The number of halogens is 1. The fourth-order valence-electron chi connectivity index (χ4n) is 1.54. The molecule has 0 aliphatic carbocycles. The van der Waals surface area contributed by atoms with Crippen LogP contribution in [0.5, 0.6) is 0 Å². The molecule has 0 aliphatic rings. The minimum atomic E-state index is -0.513. The summed E-state index contributed by atoms with van der Waals surface area (Å²) in [5.41, 5.74) is 6.00. The summed E-state index contributed by atoms with van der Waals surface area (Å²) in [7, 11) is 1.34. The molecule has 0 saturated heterocycles. The van der Waals surface area contributed by atoms with Crippen LogP contribution in [0.25, 0.3) is 0 Å². The average Bonchev–Trinajstić information content (AvgIpc) is 2.29. The number of methoxy groups -OCH3 is 1. The summed E-state index contributed by atoms with van der Waals surface area (Å²) in [5, 5.41) is 0. The molecule has 0 bridgehead atoms. The van der Waals surface area contributed by atoms with Gasteiger partial charge in [-0.3, -0.25) is 4.79 Å². The van der Waals surface area contributed by atoms with E-state index in [1.165, 1.54) is 19.2 Å². The van der Waals surface area contributed by atoms with E-state index >= 15 is 0 Å². The van der Waals surface area contributed by atoms with E-state index in [2.05, 4.69) is 4.74 Å². The van der Waals surface area contributed by atoms with Crippen LogP contribution >= 0.6 is 0 Å². The first-order valence-electron chi connectivity index (χ1n) is 5.05. The van der Waals surface area contributed by atoms with E-state index in [-0.39, 0.29) is 18.2 Å². The zero-order chi connectivity index (χ0) is 12.2. The van der Waals surface area contributed by atoms with Crippen molar-refractivity contribution in [3.63, 3.8) is 0 Å². The number of carbonyl (C=O) groups excluding carboxylic acids is 1. The van der Waals surface area contributed by atoms with Crippen LogP contribution in [0, 0.1) is 5.82 Å². The lowest BCUT2D eigenvalue weighted by atomic mass is 9.79. The van der Waals surface area contributed by atoms with Gasteiger partial charge in [0.1, 0.15) is 5.82 Å². The Balaban J connectivity index is 2.95. The molecule has 0 saturated carbocycles. The van der Waals surface area contributed by atoms with Gasteiger partial charge in [-0.1, -0.05) is 19.1 Å². The van der Waals surface area contributed by atoms with Gasteiger partial charge in [-0.15, -0.1) is 0 Å². The van der Waals surface area contributed by atoms with E-state index in [0.29, 0.717) is 6.54 Å². The molecule has 2 N–H and O–H groups in total. The molecule has 0 amide bonds. The second-order valence-electron chi connectivity index (χ2n) is 4.02. The molecular formula is C12H16FNO2. The summed E-state index contributed by atoms with van der Waals surface area (Å²) in [6.07, 6.45) is 0.186. The Labute approximate surface area is 94.4 Å². The van der Waals surface area contributed by atoms with Crippen molar-refractivity contribution in [2.24, 2.45) is 5.73 Å². The highest BCUT2D eigenvalue weighted by Gasteiger charge is 2.28. The Hall–Kier alpha value is -1.42. The molecule has 0 aliphatic heterocycles. The zero-order valence-electron chi connectivity index (χ0n) is 9.50. The summed E-state index contributed by atoms with van der Waals surface area (Å²) in [4.78, 5) is 11.3. The molecule has 1 aromatic rings. The van der Waals surface area contributed by atoms with Crippen molar-refractivity contribution < 1.29 is 13.9 Å². The van der Waals surface area contributed by atoms with Crippen LogP contribution < -0.4 is 5.73 Å². The third-order valence-electron chi connectivity index (χ3n) is 2.75. The Morgan fingerprint density at radius 2 is 2.00 bits per heavy atom. The molecule has 1 unspecified atom stereocenters. The van der Waals surface area contributed by atoms with Gasteiger partial charge in [-0.2, -0.15) is 0 Å². The maximum atomic E-state index is 12.8. The van der Waals surface area contributed by atoms with Crippen LogP contribution in [0.4, 0.5) is 4.39 Å². The number of ether oxygens (including phenoxy) is 1. The van der Waals surface area contributed by atoms with Gasteiger partial charge >= 0.3 is 5.97 Å². The second kappa shape index (κ2) is 5.07. The molecule has 1 atom stereocenters. The number of benzene rings is 1. The summed E-state index contributed by atoms with van der Waals surface area (Å²) in [6, 6.07) is 6.01. The Morgan fingerprint density at radius 1 is 1.44 bits per heavy atom. The average molecular weight is 225 g/mol. The minimum Gasteiger partial charge on any atom is -0.469 e. The van der Waals surface area contributed by atoms with Crippen LogP contribution in [0.1, 0.15) is 18.9 Å². The van der Waals surface area contributed by atoms with Crippen LogP contribution in [-0.2, 0) is 14.9 Å². The molecule has 0 heterocycles. The normalized spacial score (nSPS) is 14.2. The summed E-state index contributed by atoms with van der Waals surface area (Å²) >= 11 is 0. The largest absolute Gasteiger partial charge is 0.469 e. The third-order valence-corrected chi connectivity index (χ3v) is 2.75. The maximum Gasteiger partial charge on any atom is 0.306 e. The maximum absolute atomic E-state index is 12.8. The summed E-state index contributed by atoms with van der Waals surface area (Å²) < 4.78 is 17.4. The first-order valence-corrected chi connectivity index (χ1v) is 5.05. The van der Waals surface area contributed by atoms with Crippen molar-refractivity contribution in [3.8, 4) is 0 Å². The predicted molar refractivity (Wildman–Crippen MR) is 59.4 cm³/mol. The SMILES string of the molecule is COC(=O)CC(C)(CN)c1ccc(F)cc1. The van der Waals surface area contributed by atoms with Gasteiger partial charge in [-0.05, 0) is 17.7 Å². The van der Waals surface area contributed by atoms with Crippen molar-refractivity contribution >= 4 is 5.97 Å². The van der Waals surface area contributed by atoms with Gasteiger partial charge in [0, 0.05) is 12.0 Å². The molecule has 4 heteroatoms. The molecule has 0 aromatic heterocycles. The van der Waals surface area contributed by atoms with E-state index < -0.39 is 5.41 Å². The van der Waals surface area contributed by atoms with Gasteiger partial charge < -0.3 is 10.5 Å². The summed E-state index contributed by atoms with van der Waals surface area (Å²) in [6.45, 7) is 2.16. The topological polar surface area (TPSA) is 52.3 Å². The van der Waals surface area contributed by atoms with Crippen molar-refractivity contribution in [2.45, 2.75) is 18.8 Å². The van der Waals surface area contributed by atoms with Crippen molar-refractivity contribution in [2.75, 3.05) is 13.7 Å². The lowest BCUT2D eigenvalue weighted by Crippen LogP contribution is -2.34. The van der Waals surface area contributed by atoms with Gasteiger partial charge in [-0.25, -0.2) is 4.39 Å². The van der Waals surface area contributed by atoms with Crippen LogP contribution in [-0.4, -0.2) is 19.6 Å². The smallest absolute Gasteiger partial charge is 0.306 e. The van der Waals surface area contributed by atoms with Gasteiger partial charge in [0.05, 0.1) is 13.5 Å². The van der Waals surface area contributed by atoms with E-state index in [4.69, 9.17) is 5.73 Å². The standard InChI is InChI=1S/C12H16FNO2/c1-12(8-14,7-11(15)16-2)9-3-5-10(13)6-4-9/h3-6H,7-8,14H2,1-2H3. The molecule has 1 rings (SSSR count). The van der Waals surface area contributed by atoms with E-state index in [0.717, 1.165) is 5.56 Å². The number of hydrogen-bond donors (Lipinski definition) is 1. The Kier molecular flexibility index (Phi) is 4.01. The molecule has 0 radical (unpaired) electrons. The monoisotopic (exact) mass is 225 g/mol. The second-order valence-corrected chi connectivity index (χ2v) is 4.02. The van der Waals surface area contributed by atoms with Crippen molar-refractivity contribution in [1.82, 2.24) is 0 Å². The highest BCUT2D eigenvalue weighted by molar-refractivity contribution is 5.71.